The molecule has 128 valence electrons. The first kappa shape index (κ1) is 16.9. The van der Waals surface area contributed by atoms with E-state index in [9.17, 15) is 14.9 Å². The predicted molar refractivity (Wildman–Crippen MR) is 92.2 cm³/mol. The Kier molecular flexibility index (Phi) is 4.90. The van der Waals surface area contributed by atoms with Crippen LogP contribution in [0.15, 0.2) is 60.2 Å². The van der Waals surface area contributed by atoms with Crippen LogP contribution in [0, 0.1) is 10.1 Å². The quantitative estimate of drug-likeness (QED) is 0.514. The fourth-order valence-electron chi connectivity index (χ4n) is 2.90. The van der Waals surface area contributed by atoms with Crippen LogP contribution in [-0.4, -0.2) is 22.6 Å². The first-order chi connectivity index (χ1) is 12.0. The number of carboxylic acids is 1. The van der Waals surface area contributed by atoms with Gasteiger partial charge in [-0.25, -0.2) is 4.79 Å². The van der Waals surface area contributed by atoms with Crippen LogP contribution >= 0.6 is 0 Å². The highest BCUT2D eigenvalue weighted by atomic mass is 16.6. The number of hydrogen-bond acceptors (Lipinski definition) is 4. The molecule has 1 saturated heterocycles. The Bertz CT molecular complexity index is 799. The molecule has 1 atom stereocenters. The molecule has 2 aromatic rings. The summed E-state index contributed by atoms with van der Waals surface area (Å²) in [4.78, 5) is 21.0. The van der Waals surface area contributed by atoms with Gasteiger partial charge >= 0.3 is 5.97 Å². The van der Waals surface area contributed by atoms with Crippen molar-refractivity contribution >= 4 is 11.7 Å². The van der Waals surface area contributed by atoms with Gasteiger partial charge in [-0.3, -0.25) is 10.1 Å². The molecule has 6 heteroatoms. The maximum atomic E-state index is 10.7. The molecule has 0 saturated carbocycles. The van der Waals surface area contributed by atoms with E-state index in [1.165, 1.54) is 18.2 Å². The van der Waals surface area contributed by atoms with Gasteiger partial charge in [0.1, 0.15) is 0 Å². The maximum absolute atomic E-state index is 10.7. The van der Waals surface area contributed by atoms with E-state index < -0.39 is 10.9 Å². The number of non-ortho nitro benzene ring substituents is 1. The van der Waals surface area contributed by atoms with Gasteiger partial charge in [0.25, 0.3) is 5.69 Å². The van der Waals surface area contributed by atoms with E-state index in [1.807, 2.05) is 24.3 Å². The number of hydrogen-bond donors (Lipinski definition) is 1. The molecule has 0 radical (unpaired) electrons. The van der Waals surface area contributed by atoms with Crippen molar-refractivity contribution in [2.45, 2.75) is 18.9 Å². The van der Waals surface area contributed by atoms with Crippen LogP contribution in [0.4, 0.5) is 5.69 Å². The summed E-state index contributed by atoms with van der Waals surface area (Å²) in [6.45, 7) is 0.334. The number of nitro benzene ring substituents is 1. The number of carboxylic acid groups (broad SMARTS) is 1. The van der Waals surface area contributed by atoms with Gasteiger partial charge in [-0.05, 0) is 47.2 Å². The SMILES string of the molecule is O=C(O)C=C1CCC(c2ccc(-c3ccc([N+](=O)[O-])cc3)cc2)OC1. The van der Waals surface area contributed by atoms with Gasteiger partial charge < -0.3 is 9.84 Å². The molecule has 25 heavy (non-hydrogen) atoms. The zero-order valence-corrected chi connectivity index (χ0v) is 13.4. The van der Waals surface area contributed by atoms with Crippen LogP contribution in [0.3, 0.4) is 0 Å². The Balaban J connectivity index is 1.68. The molecule has 2 aromatic carbocycles. The fraction of sp³-hybridized carbons (Fsp3) is 0.211. The number of rotatable bonds is 4. The summed E-state index contributed by atoms with van der Waals surface area (Å²) in [7, 11) is 0. The van der Waals surface area contributed by atoms with Crippen LogP contribution in [-0.2, 0) is 9.53 Å². The molecular weight excluding hydrogens is 322 g/mol. The van der Waals surface area contributed by atoms with Crippen molar-refractivity contribution < 1.29 is 19.6 Å². The Morgan fingerprint density at radius 2 is 1.72 bits per heavy atom. The third kappa shape index (κ3) is 4.10. The molecule has 1 unspecified atom stereocenters. The third-order valence-electron chi connectivity index (χ3n) is 4.22. The molecular formula is C19H17NO5. The predicted octanol–water partition coefficient (Wildman–Crippen LogP) is 4.12. The van der Waals surface area contributed by atoms with Gasteiger partial charge in [-0.1, -0.05) is 24.3 Å². The summed E-state index contributed by atoms with van der Waals surface area (Å²) in [5, 5.41) is 19.5. The van der Waals surface area contributed by atoms with Crippen LogP contribution in [0.2, 0.25) is 0 Å². The molecule has 0 bridgehead atoms. The summed E-state index contributed by atoms with van der Waals surface area (Å²) < 4.78 is 5.76. The minimum absolute atomic E-state index is 0.0446. The van der Waals surface area contributed by atoms with Crippen molar-refractivity contribution in [3.63, 3.8) is 0 Å². The molecule has 1 aliphatic rings. The normalized spacial score (nSPS) is 18.9. The molecule has 1 fully saturated rings. The molecule has 0 amide bonds. The number of ether oxygens (including phenoxy) is 1. The van der Waals surface area contributed by atoms with E-state index in [-0.39, 0.29) is 11.8 Å². The summed E-state index contributed by atoms with van der Waals surface area (Å²) in [6, 6.07) is 14.3. The molecule has 6 nitrogen and oxygen atoms in total. The molecule has 0 aromatic heterocycles. The second-order valence-electron chi connectivity index (χ2n) is 5.91. The Morgan fingerprint density at radius 3 is 2.20 bits per heavy atom. The molecule has 0 spiro atoms. The van der Waals surface area contributed by atoms with E-state index in [4.69, 9.17) is 9.84 Å². The zero-order valence-electron chi connectivity index (χ0n) is 13.4. The number of carbonyl (C=O) groups is 1. The van der Waals surface area contributed by atoms with E-state index in [1.54, 1.807) is 12.1 Å². The number of benzene rings is 2. The van der Waals surface area contributed by atoms with Gasteiger partial charge in [0.05, 0.1) is 17.6 Å². The van der Waals surface area contributed by atoms with Crippen molar-refractivity contribution in [3.05, 3.63) is 75.9 Å². The number of aliphatic carboxylic acids is 1. The first-order valence-corrected chi connectivity index (χ1v) is 7.91. The minimum atomic E-state index is -0.940. The highest BCUT2D eigenvalue weighted by Crippen LogP contribution is 2.31. The minimum Gasteiger partial charge on any atom is -0.478 e. The molecule has 1 N–H and O–H groups in total. The summed E-state index contributed by atoms with van der Waals surface area (Å²) >= 11 is 0. The molecule has 3 rings (SSSR count). The first-order valence-electron chi connectivity index (χ1n) is 7.91. The Labute approximate surface area is 144 Å². The van der Waals surface area contributed by atoms with Gasteiger partial charge in [-0.2, -0.15) is 0 Å². The van der Waals surface area contributed by atoms with Crippen LogP contribution in [0.5, 0.6) is 0 Å². The van der Waals surface area contributed by atoms with Crippen LogP contribution < -0.4 is 0 Å². The van der Waals surface area contributed by atoms with Crippen LogP contribution in [0.1, 0.15) is 24.5 Å². The van der Waals surface area contributed by atoms with Crippen molar-refractivity contribution in [1.82, 2.24) is 0 Å². The van der Waals surface area contributed by atoms with Crippen molar-refractivity contribution in [3.8, 4) is 11.1 Å². The highest BCUT2D eigenvalue weighted by Gasteiger charge is 2.19. The van der Waals surface area contributed by atoms with Crippen molar-refractivity contribution in [1.29, 1.82) is 0 Å². The Hall–Kier alpha value is -2.99. The third-order valence-corrected chi connectivity index (χ3v) is 4.22. The van der Waals surface area contributed by atoms with Gasteiger partial charge in [-0.15, -0.1) is 0 Å². The zero-order chi connectivity index (χ0) is 17.8. The molecule has 1 aliphatic heterocycles. The largest absolute Gasteiger partial charge is 0.478 e. The maximum Gasteiger partial charge on any atom is 0.328 e. The smallest absolute Gasteiger partial charge is 0.328 e. The highest BCUT2D eigenvalue weighted by molar-refractivity contribution is 5.80. The molecule has 0 aliphatic carbocycles. The second kappa shape index (κ2) is 7.27. The summed E-state index contributed by atoms with van der Waals surface area (Å²) in [5.74, 6) is -0.940. The number of nitrogens with zero attached hydrogens (tertiary/aromatic N) is 1. The van der Waals surface area contributed by atoms with E-state index in [0.29, 0.717) is 13.0 Å². The molecule has 1 heterocycles. The average Bonchev–Trinajstić information content (AvgIpc) is 2.62. The van der Waals surface area contributed by atoms with E-state index >= 15 is 0 Å². The lowest BCUT2D eigenvalue weighted by Gasteiger charge is -2.25. The van der Waals surface area contributed by atoms with Crippen molar-refractivity contribution in [2.75, 3.05) is 6.61 Å². The standard InChI is InChI=1S/C19H17NO5/c21-19(22)11-13-1-10-18(25-12-13)16-4-2-14(3-5-16)15-6-8-17(9-7-15)20(23)24/h2-9,11,18H,1,10,12H2,(H,21,22). The lowest BCUT2D eigenvalue weighted by atomic mass is 9.96. The summed E-state index contributed by atoms with van der Waals surface area (Å²) in [6.07, 6.45) is 2.63. The van der Waals surface area contributed by atoms with Crippen molar-refractivity contribution in [2.24, 2.45) is 0 Å². The van der Waals surface area contributed by atoms with E-state index in [0.717, 1.165) is 28.7 Å². The van der Waals surface area contributed by atoms with Gasteiger partial charge in [0, 0.05) is 18.2 Å². The average molecular weight is 339 g/mol. The van der Waals surface area contributed by atoms with Gasteiger partial charge in [0.15, 0.2) is 0 Å². The van der Waals surface area contributed by atoms with E-state index in [2.05, 4.69) is 0 Å². The monoisotopic (exact) mass is 339 g/mol. The fourth-order valence-corrected chi connectivity index (χ4v) is 2.90. The summed E-state index contributed by atoms with van der Waals surface area (Å²) in [5.41, 5.74) is 3.79. The number of nitro groups is 1. The topological polar surface area (TPSA) is 89.7 Å². The second-order valence-corrected chi connectivity index (χ2v) is 5.91. The van der Waals surface area contributed by atoms with Gasteiger partial charge in [0.2, 0.25) is 0 Å². The lowest BCUT2D eigenvalue weighted by molar-refractivity contribution is -0.384. The van der Waals surface area contributed by atoms with Crippen LogP contribution in [0.25, 0.3) is 11.1 Å². The lowest BCUT2D eigenvalue weighted by Crippen LogP contribution is -2.14. The Morgan fingerprint density at radius 1 is 1.12 bits per heavy atom.